The highest BCUT2D eigenvalue weighted by molar-refractivity contribution is 9.10. The van der Waals surface area contributed by atoms with Gasteiger partial charge in [-0.2, -0.15) is 4.31 Å². The Labute approximate surface area is 120 Å². The Morgan fingerprint density at radius 3 is 2.61 bits per heavy atom. The summed E-state index contributed by atoms with van der Waals surface area (Å²) in [6.45, 7) is 0.166. The van der Waals surface area contributed by atoms with E-state index in [0.29, 0.717) is 21.5 Å². The van der Waals surface area contributed by atoms with Gasteiger partial charge < -0.3 is 5.11 Å². The van der Waals surface area contributed by atoms with Gasteiger partial charge in [0.2, 0.25) is 0 Å². The number of rotatable bonds is 4. The van der Waals surface area contributed by atoms with Crippen molar-refractivity contribution >= 4 is 37.3 Å². The first-order valence-corrected chi connectivity index (χ1v) is 8.88. The molecule has 0 atom stereocenters. The van der Waals surface area contributed by atoms with E-state index in [2.05, 4.69) is 15.9 Å². The molecule has 1 saturated carbocycles. The smallest absolute Gasteiger partial charge is 0.253 e. The number of thiophene rings is 1. The number of hydrogen-bond donors (Lipinski definition) is 1. The summed E-state index contributed by atoms with van der Waals surface area (Å²) in [4.78, 5) is 0. The van der Waals surface area contributed by atoms with E-state index in [9.17, 15) is 13.5 Å². The third-order valence-corrected chi connectivity index (χ3v) is 7.73. The van der Waals surface area contributed by atoms with E-state index in [1.54, 1.807) is 11.4 Å². The zero-order valence-corrected chi connectivity index (χ0v) is 13.3. The second-order valence-corrected chi connectivity index (χ2v) is 8.76. The number of likely N-dealkylation sites (N-methyl/N-ethyl adjacent to an activating group) is 1. The lowest BCUT2D eigenvalue weighted by molar-refractivity contribution is 0.0334. The molecule has 1 aliphatic rings. The Balaban J connectivity index is 2.18. The predicted molar refractivity (Wildman–Crippen MR) is 75.3 cm³/mol. The molecule has 18 heavy (non-hydrogen) atoms. The second kappa shape index (κ2) is 5.20. The Hall–Kier alpha value is 0.0500. The molecule has 2 rings (SSSR count). The lowest BCUT2D eigenvalue weighted by Gasteiger charge is -2.27. The summed E-state index contributed by atoms with van der Waals surface area (Å²) in [6.07, 6.45) is 3.29. The summed E-state index contributed by atoms with van der Waals surface area (Å²) in [5.41, 5.74) is -0.856. The van der Waals surface area contributed by atoms with Crippen LogP contribution in [0.4, 0.5) is 0 Å². The first-order chi connectivity index (χ1) is 8.35. The lowest BCUT2D eigenvalue weighted by Crippen LogP contribution is -2.41. The van der Waals surface area contributed by atoms with E-state index in [1.807, 2.05) is 0 Å². The van der Waals surface area contributed by atoms with E-state index in [1.165, 1.54) is 22.7 Å². The average molecular weight is 354 g/mol. The summed E-state index contributed by atoms with van der Waals surface area (Å²) in [5, 5.41) is 12.0. The van der Waals surface area contributed by atoms with Crippen molar-refractivity contribution in [2.75, 3.05) is 13.6 Å². The molecular weight excluding hydrogens is 338 g/mol. The molecule has 1 aromatic rings. The minimum atomic E-state index is -3.51. The largest absolute Gasteiger partial charge is 0.389 e. The fraction of sp³-hybridized carbons (Fsp3) is 0.636. The zero-order valence-electron chi connectivity index (χ0n) is 10.1. The summed E-state index contributed by atoms with van der Waals surface area (Å²) < 4.78 is 26.8. The average Bonchev–Trinajstić information content (AvgIpc) is 2.87. The third kappa shape index (κ3) is 2.80. The molecule has 7 heteroatoms. The molecule has 0 saturated heterocycles. The number of aliphatic hydroxyl groups is 1. The monoisotopic (exact) mass is 353 g/mol. The van der Waals surface area contributed by atoms with Crippen LogP contribution in [0.3, 0.4) is 0 Å². The van der Waals surface area contributed by atoms with Gasteiger partial charge in [-0.05, 0) is 40.2 Å². The molecular formula is C11H16BrNO3S2. The Morgan fingerprint density at radius 1 is 1.50 bits per heavy atom. The van der Waals surface area contributed by atoms with Crippen LogP contribution in [0.1, 0.15) is 25.7 Å². The van der Waals surface area contributed by atoms with Crippen LogP contribution in [-0.2, 0) is 10.0 Å². The van der Waals surface area contributed by atoms with Crippen molar-refractivity contribution in [1.82, 2.24) is 4.31 Å². The van der Waals surface area contributed by atoms with Crippen molar-refractivity contribution < 1.29 is 13.5 Å². The normalized spacial score (nSPS) is 19.6. The molecule has 0 bridgehead atoms. The van der Waals surface area contributed by atoms with Gasteiger partial charge in [0.1, 0.15) is 4.21 Å². The third-order valence-electron chi connectivity index (χ3n) is 3.28. The summed E-state index contributed by atoms with van der Waals surface area (Å²) in [7, 11) is -1.98. The maximum atomic E-state index is 12.3. The van der Waals surface area contributed by atoms with Crippen molar-refractivity contribution in [3.05, 3.63) is 15.9 Å². The minimum Gasteiger partial charge on any atom is -0.389 e. The fourth-order valence-corrected chi connectivity index (χ4v) is 6.05. The lowest BCUT2D eigenvalue weighted by atomic mass is 10.0. The Bertz CT molecular complexity index is 520. The summed E-state index contributed by atoms with van der Waals surface area (Å²) >= 11 is 4.42. The molecule has 1 N–H and O–H groups in total. The molecule has 4 nitrogen and oxygen atoms in total. The van der Waals surface area contributed by atoms with Crippen LogP contribution in [-0.4, -0.2) is 37.0 Å². The molecule has 0 unspecified atom stereocenters. The van der Waals surface area contributed by atoms with E-state index in [-0.39, 0.29) is 6.54 Å². The van der Waals surface area contributed by atoms with Crippen LogP contribution in [0.2, 0.25) is 0 Å². The second-order valence-electron chi connectivity index (χ2n) is 4.75. The molecule has 1 aliphatic carbocycles. The van der Waals surface area contributed by atoms with Crippen molar-refractivity contribution in [3.8, 4) is 0 Å². The van der Waals surface area contributed by atoms with Crippen LogP contribution in [0, 0.1) is 0 Å². The van der Waals surface area contributed by atoms with Gasteiger partial charge in [-0.3, -0.25) is 0 Å². The van der Waals surface area contributed by atoms with E-state index in [0.717, 1.165) is 12.8 Å². The van der Waals surface area contributed by atoms with Crippen LogP contribution in [0.5, 0.6) is 0 Å². The zero-order chi connectivity index (χ0) is 13.4. The number of nitrogens with zero attached hydrogens (tertiary/aromatic N) is 1. The Kier molecular flexibility index (Phi) is 4.18. The van der Waals surface area contributed by atoms with Gasteiger partial charge in [0.05, 0.1) is 5.60 Å². The number of halogens is 1. The first-order valence-electron chi connectivity index (χ1n) is 5.77. The molecule has 0 spiro atoms. The van der Waals surface area contributed by atoms with Gasteiger partial charge in [0, 0.05) is 18.1 Å². The Morgan fingerprint density at radius 2 is 2.11 bits per heavy atom. The number of hydrogen-bond acceptors (Lipinski definition) is 4. The topological polar surface area (TPSA) is 57.6 Å². The molecule has 0 aromatic carbocycles. The predicted octanol–water partition coefficient (Wildman–Crippen LogP) is 2.44. The molecule has 0 aliphatic heterocycles. The summed E-state index contributed by atoms with van der Waals surface area (Å²) in [6, 6.07) is 1.72. The fourth-order valence-electron chi connectivity index (χ4n) is 2.30. The highest BCUT2D eigenvalue weighted by atomic mass is 79.9. The maximum absolute atomic E-state index is 12.3. The highest BCUT2D eigenvalue weighted by Crippen LogP contribution is 2.34. The molecule has 102 valence electrons. The van der Waals surface area contributed by atoms with Crippen molar-refractivity contribution in [3.63, 3.8) is 0 Å². The highest BCUT2D eigenvalue weighted by Gasteiger charge is 2.36. The van der Waals surface area contributed by atoms with Gasteiger partial charge in [0.15, 0.2) is 0 Å². The van der Waals surface area contributed by atoms with E-state index >= 15 is 0 Å². The van der Waals surface area contributed by atoms with Crippen molar-refractivity contribution in [2.24, 2.45) is 0 Å². The van der Waals surface area contributed by atoms with Crippen LogP contribution >= 0.6 is 27.3 Å². The van der Waals surface area contributed by atoms with Crippen LogP contribution < -0.4 is 0 Å². The van der Waals surface area contributed by atoms with E-state index < -0.39 is 15.6 Å². The molecule has 0 radical (unpaired) electrons. The van der Waals surface area contributed by atoms with E-state index in [4.69, 9.17) is 0 Å². The molecule has 1 aromatic heterocycles. The van der Waals surface area contributed by atoms with Crippen molar-refractivity contribution in [2.45, 2.75) is 35.5 Å². The van der Waals surface area contributed by atoms with Crippen molar-refractivity contribution in [1.29, 1.82) is 0 Å². The maximum Gasteiger partial charge on any atom is 0.253 e. The quantitative estimate of drug-likeness (QED) is 0.904. The van der Waals surface area contributed by atoms with Gasteiger partial charge in [-0.1, -0.05) is 12.8 Å². The molecule has 1 heterocycles. The molecule has 0 amide bonds. The van der Waals surface area contributed by atoms with Gasteiger partial charge in [-0.15, -0.1) is 11.3 Å². The van der Waals surface area contributed by atoms with Crippen LogP contribution in [0.25, 0.3) is 0 Å². The SMILES string of the molecule is CN(CC1(O)CCCC1)S(=O)(=O)c1sccc1Br. The minimum absolute atomic E-state index is 0.166. The first kappa shape index (κ1) is 14.5. The standard InChI is InChI=1S/C11H16BrNO3S2/c1-13(8-11(14)5-2-3-6-11)18(15,16)10-9(12)4-7-17-10/h4,7,14H,2-3,5-6,8H2,1H3. The number of sulfonamides is 1. The summed E-state index contributed by atoms with van der Waals surface area (Å²) in [5.74, 6) is 0. The van der Waals surface area contributed by atoms with Gasteiger partial charge >= 0.3 is 0 Å². The van der Waals surface area contributed by atoms with Crippen LogP contribution in [0.15, 0.2) is 20.1 Å². The van der Waals surface area contributed by atoms with Gasteiger partial charge in [-0.25, -0.2) is 8.42 Å². The van der Waals surface area contributed by atoms with Gasteiger partial charge in [0.25, 0.3) is 10.0 Å². The molecule has 1 fully saturated rings.